The number of benzene rings is 1. The molecule has 1 aromatic carbocycles. The molecule has 1 aliphatic rings. The van der Waals surface area contributed by atoms with Crippen LogP contribution in [0.3, 0.4) is 0 Å². The highest BCUT2D eigenvalue weighted by Crippen LogP contribution is 2.53. The first kappa shape index (κ1) is 13.7. The van der Waals surface area contributed by atoms with E-state index in [2.05, 4.69) is 62.0 Å². The molecule has 2 heterocycles. The number of hydrogen-bond donors (Lipinski definition) is 1. The monoisotopic (exact) mass is 408 g/mol. The van der Waals surface area contributed by atoms with E-state index in [0.717, 1.165) is 21.4 Å². The van der Waals surface area contributed by atoms with E-state index >= 15 is 0 Å². The predicted octanol–water partition coefficient (Wildman–Crippen LogP) is 2.64. The Hall–Kier alpha value is -1.90. The SMILES string of the molecule is Cn1cnc(-c2ccc([C@H]3C[C@@H]3c3n[nH]c(=O)o3)cc2)c1I. The second-order valence-electron chi connectivity index (χ2n) is 5.52. The highest BCUT2D eigenvalue weighted by Gasteiger charge is 2.43. The molecule has 4 rings (SSSR count). The molecule has 112 valence electrons. The maximum absolute atomic E-state index is 11.0. The van der Waals surface area contributed by atoms with Crippen molar-refractivity contribution >= 4 is 22.6 Å². The van der Waals surface area contributed by atoms with Crippen LogP contribution >= 0.6 is 22.6 Å². The molecule has 22 heavy (non-hydrogen) atoms. The molecule has 2 aromatic heterocycles. The second kappa shape index (κ2) is 5.08. The minimum atomic E-state index is -0.485. The summed E-state index contributed by atoms with van der Waals surface area (Å²) in [6, 6.07) is 8.43. The van der Waals surface area contributed by atoms with E-state index in [1.807, 2.05) is 17.9 Å². The molecular weight excluding hydrogens is 395 g/mol. The van der Waals surface area contributed by atoms with Crippen molar-refractivity contribution in [2.75, 3.05) is 0 Å². The maximum Gasteiger partial charge on any atom is 0.434 e. The number of hydrogen-bond acceptors (Lipinski definition) is 4. The van der Waals surface area contributed by atoms with E-state index in [1.165, 1.54) is 5.56 Å². The van der Waals surface area contributed by atoms with Gasteiger partial charge in [-0.2, -0.15) is 0 Å². The Morgan fingerprint density at radius 2 is 2.09 bits per heavy atom. The highest BCUT2D eigenvalue weighted by atomic mass is 127. The summed E-state index contributed by atoms with van der Waals surface area (Å²) in [5, 5.41) is 6.23. The van der Waals surface area contributed by atoms with Crippen LogP contribution < -0.4 is 5.76 Å². The number of halogens is 1. The summed E-state index contributed by atoms with van der Waals surface area (Å²) in [5.74, 6) is 0.613. The average Bonchev–Trinajstić information content (AvgIpc) is 3.10. The summed E-state index contributed by atoms with van der Waals surface area (Å²) in [4.78, 5) is 15.4. The van der Waals surface area contributed by atoms with Gasteiger partial charge in [0.25, 0.3) is 0 Å². The van der Waals surface area contributed by atoms with Crippen molar-refractivity contribution in [1.82, 2.24) is 19.7 Å². The Bertz CT molecular complexity index is 878. The molecule has 1 N–H and O–H groups in total. The zero-order valence-electron chi connectivity index (χ0n) is 11.8. The molecule has 0 spiro atoms. The average molecular weight is 408 g/mol. The van der Waals surface area contributed by atoms with Crippen molar-refractivity contribution in [3.63, 3.8) is 0 Å². The second-order valence-corrected chi connectivity index (χ2v) is 6.54. The number of aromatic amines is 1. The van der Waals surface area contributed by atoms with Gasteiger partial charge in [-0.15, -0.1) is 5.10 Å². The molecule has 2 atom stereocenters. The smallest absolute Gasteiger partial charge is 0.392 e. The standard InChI is InChI=1S/C15H13IN4O2/c1-20-7-17-12(13(20)16)9-4-2-8(3-5-9)10-6-11(10)14-18-19-15(21)22-14/h2-5,7,10-11H,6H2,1H3,(H,19,21)/t10-,11+/m1/s1. The minimum Gasteiger partial charge on any atom is -0.392 e. The Morgan fingerprint density at radius 3 is 2.68 bits per heavy atom. The van der Waals surface area contributed by atoms with Crippen LogP contribution in [0.4, 0.5) is 0 Å². The third-order valence-electron chi connectivity index (χ3n) is 4.04. The molecule has 0 amide bonds. The van der Waals surface area contributed by atoms with Gasteiger partial charge in [-0.05, 0) is 40.5 Å². The Balaban J connectivity index is 1.56. The lowest BCUT2D eigenvalue weighted by molar-refractivity contribution is 0.461. The third-order valence-corrected chi connectivity index (χ3v) is 5.31. The lowest BCUT2D eigenvalue weighted by Crippen LogP contribution is -1.93. The maximum atomic E-state index is 11.0. The van der Waals surface area contributed by atoms with E-state index in [0.29, 0.717) is 11.8 Å². The van der Waals surface area contributed by atoms with Crippen LogP contribution in [0.2, 0.25) is 0 Å². The van der Waals surface area contributed by atoms with Crippen LogP contribution in [0.5, 0.6) is 0 Å². The number of aryl methyl sites for hydroxylation is 1. The van der Waals surface area contributed by atoms with Gasteiger partial charge >= 0.3 is 5.76 Å². The molecular formula is C15H13IN4O2. The van der Waals surface area contributed by atoms with E-state index in [9.17, 15) is 4.79 Å². The Morgan fingerprint density at radius 1 is 1.32 bits per heavy atom. The van der Waals surface area contributed by atoms with E-state index in [4.69, 9.17) is 4.42 Å². The molecule has 0 aliphatic heterocycles. The van der Waals surface area contributed by atoms with Crippen LogP contribution in [0.1, 0.15) is 29.7 Å². The molecule has 0 bridgehead atoms. The van der Waals surface area contributed by atoms with Crippen LogP contribution in [0.25, 0.3) is 11.3 Å². The quantitative estimate of drug-likeness (QED) is 0.677. The largest absolute Gasteiger partial charge is 0.434 e. The van der Waals surface area contributed by atoms with Crippen molar-refractivity contribution in [2.45, 2.75) is 18.3 Å². The number of nitrogens with zero attached hydrogens (tertiary/aromatic N) is 3. The van der Waals surface area contributed by atoms with Crippen molar-refractivity contribution < 1.29 is 4.42 Å². The van der Waals surface area contributed by atoms with Gasteiger partial charge in [-0.1, -0.05) is 24.3 Å². The van der Waals surface area contributed by atoms with Crippen molar-refractivity contribution in [1.29, 1.82) is 0 Å². The molecule has 0 saturated heterocycles. The fraction of sp³-hybridized carbons (Fsp3) is 0.267. The van der Waals surface area contributed by atoms with Gasteiger partial charge in [0.1, 0.15) is 9.39 Å². The molecule has 0 radical (unpaired) electrons. The fourth-order valence-corrected chi connectivity index (χ4v) is 3.31. The highest BCUT2D eigenvalue weighted by molar-refractivity contribution is 14.1. The Kier molecular flexibility index (Phi) is 3.17. The molecule has 3 aromatic rings. The lowest BCUT2D eigenvalue weighted by Gasteiger charge is -2.02. The van der Waals surface area contributed by atoms with Crippen LogP contribution in [0, 0.1) is 3.70 Å². The summed E-state index contributed by atoms with van der Waals surface area (Å²) in [6.45, 7) is 0. The molecule has 1 saturated carbocycles. The summed E-state index contributed by atoms with van der Waals surface area (Å²) in [6.07, 6.45) is 2.79. The van der Waals surface area contributed by atoms with Crippen LogP contribution in [-0.2, 0) is 7.05 Å². The van der Waals surface area contributed by atoms with Gasteiger partial charge < -0.3 is 8.98 Å². The number of nitrogens with one attached hydrogen (secondary N) is 1. The number of rotatable bonds is 3. The first-order valence-corrected chi connectivity index (χ1v) is 8.04. The molecule has 6 nitrogen and oxygen atoms in total. The fourth-order valence-electron chi connectivity index (χ4n) is 2.73. The lowest BCUT2D eigenvalue weighted by atomic mass is 10.1. The van der Waals surface area contributed by atoms with Crippen molar-refractivity contribution in [3.05, 3.63) is 56.3 Å². The van der Waals surface area contributed by atoms with Crippen molar-refractivity contribution in [2.24, 2.45) is 7.05 Å². The Labute approximate surface area is 139 Å². The van der Waals surface area contributed by atoms with Gasteiger partial charge in [0.15, 0.2) is 0 Å². The normalized spacial score (nSPS) is 20.3. The minimum absolute atomic E-state index is 0.208. The zero-order chi connectivity index (χ0) is 15.3. The van der Waals surface area contributed by atoms with E-state index in [1.54, 1.807) is 0 Å². The first-order chi connectivity index (χ1) is 10.6. The van der Waals surface area contributed by atoms with Crippen LogP contribution in [-0.4, -0.2) is 19.7 Å². The molecule has 1 aliphatic carbocycles. The molecule has 0 unspecified atom stereocenters. The zero-order valence-corrected chi connectivity index (χ0v) is 13.9. The number of aromatic nitrogens is 4. The van der Waals surface area contributed by atoms with Gasteiger partial charge in [-0.25, -0.2) is 14.9 Å². The number of imidazole rings is 1. The van der Waals surface area contributed by atoms with E-state index < -0.39 is 5.76 Å². The summed E-state index contributed by atoms with van der Waals surface area (Å²) >= 11 is 2.30. The summed E-state index contributed by atoms with van der Waals surface area (Å²) in [5.41, 5.74) is 3.35. The molecule has 7 heteroatoms. The summed E-state index contributed by atoms with van der Waals surface area (Å²) < 4.78 is 8.15. The molecule has 1 fully saturated rings. The predicted molar refractivity (Wildman–Crippen MR) is 88.6 cm³/mol. The number of H-pyrrole nitrogens is 1. The topological polar surface area (TPSA) is 76.7 Å². The third kappa shape index (κ3) is 2.29. The van der Waals surface area contributed by atoms with Gasteiger partial charge in [0, 0.05) is 18.5 Å². The first-order valence-electron chi connectivity index (χ1n) is 6.96. The van der Waals surface area contributed by atoms with Gasteiger partial charge in [0.05, 0.1) is 6.33 Å². The van der Waals surface area contributed by atoms with Gasteiger partial charge in [-0.3, -0.25) is 0 Å². The van der Waals surface area contributed by atoms with E-state index in [-0.39, 0.29) is 5.92 Å². The van der Waals surface area contributed by atoms with Crippen molar-refractivity contribution in [3.8, 4) is 11.3 Å². The summed E-state index contributed by atoms with van der Waals surface area (Å²) in [7, 11) is 1.99. The van der Waals surface area contributed by atoms with Crippen LogP contribution in [0.15, 0.2) is 39.8 Å². The van der Waals surface area contributed by atoms with Gasteiger partial charge in [0.2, 0.25) is 5.89 Å².